The Morgan fingerprint density at radius 2 is 1.40 bits per heavy atom. The zero-order chi connectivity index (χ0) is 5.98. The van der Waals surface area contributed by atoms with E-state index in [2.05, 4.69) is 4.98 Å². The first kappa shape index (κ1) is 12.0. The van der Waals surface area contributed by atoms with E-state index in [1.165, 1.54) is 0 Å². The first-order valence-corrected chi connectivity index (χ1v) is 2.27. The summed E-state index contributed by atoms with van der Waals surface area (Å²) in [7, 11) is 0. The lowest BCUT2D eigenvalue weighted by Crippen LogP contribution is -1.93. The molecule has 0 bridgehead atoms. The number of aromatic nitrogens is 1. The Morgan fingerprint density at radius 3 is 1.60 bits per heavy atom. The number of nitrogens with two attached hydrogens (primary N) is 2. The summed E-state index contributed by atoms with van der Waals surface area (Å²) in [6.45, 7) is 0. The molecule has 0 unspecified atom stereocenters. The monoisotopic (exact) mass is 181 g/mol. The Balaban J connectivity index is 0. The molecule has 0 spiro atoms. The smallest absolute Gasteiger partial charge is 0.125 e. The van der Waals surface area contributed by atoms with Crippen LogP contribution in [0, 0.1) is 0 Å². The van der Waals surface area contributed by atoms with Crippen molar-refractivity contribution in [2.45, 2.75) is 0 Å². The Morgan fingerprint density at radius 1 is 1.00 bits per heavy atom. The third kappa shape index (κ3) is 3.37. The highest BCUT2D eigenvalue weighted by Gasteiger charge is 1.83. The standard InChI is InChI=1S/C5H7N3.2ClH/c6-4-2-1-3-5(7)8-4;;/h1-3H,(H4,6,7,8);2*1H. The second kappa shape index (κ2) is 5.14. The minimum absolute atomic E-state index is 0. The molecule has 0 aliphatic heterocycles. The van der Waals surface area contributed by atoms with Gasteiger partial charge < -0.3 is 11.5 Å². The molecule has 3 nitrogen and oxygen atoms in total. The van der Waals surface area contributed by atoms with Crippen LogP contribution in [0.3, 0.4) is 0 Å². The molecule has 5 heteroatoms. The first-order chi connectivity index (χ1) is 3.79. The summed E-state index contributed by atoms with van der Waals surface area (Å²) in [5, 5.41) is 0. The van der Waals surface area contributed by atoms with Crippen LogP contribution >= 0.6 is 24.8 Å². The van der Waals surface area contributed by atoms with E-state index in [1.54, 1.807) is 18.2 Å². The predicted octanol–water partition coefficient (Wildman–Crippen LogP) is 1.09. The van der Waals surface area contributed by atoms with Gasteiger partial charge in [0, 0.05) is 0 Å². The van der Waals surface area contributed by atoms with Crippen LogP contribution in [0.4, 0.5) is 11.6 Å². The van der Waals surface area contributed by atoms with Gasteiger partial charge in [-0.05, 0) is 12.1 Å². The molecule has 0 fully saturated rings. The van der Waals surface area contributed by atoms with E-state index in [0.29, 0.717) is 11.6 Å². The number of anilines is 2. The highest BCUT2D eigenvalue weighted by Crippen LogP contribution is 1.99. The van der Waals surface area contributed by atoms with Crippen LogP contribution in [0.2, 0.25) is 0 Å². The Labute approximate surface area is 71.6 Å². The number of rotatable bonds is 0. The van der Waals surface area contributed by atoms with Gasteiger partial charge in [-0.2, -0.15) is 0 Å². The summed E-state index contributed by atoms with van der Waals surface area (Å²) in [6, 6.07) is 5.14. The van der Waals surface area contributed by atoms with E-state index in [1.807, 2.05) is 0 Å². The molecular weight excluding hydrogens is 173 g/mol. The molecule has 1 aromatic heterocycles. The summed E-state index contributed by atoms with van der Waals surface area (Å²) in [5.41, 5.74) is 10.5. The van der Waals surface area contributed by atoms with Gasteiger partial charge >= 0.3 is 0 Å². The summed E-state index contributed by atoms with van der Waals surface area (Å²) < 4.78 is 0. The summed E-state index contributed by atoms with van der Waals surface area (Å²) in [4.78, 5) is 3.73. The van der Waals surface area contributed by atoms with E-state index >= 15 is 0 Å². The van der Waals surface area contributed by atoms with Gasteiger partial charge in [0.1, 0.15) is 11.6 Å². The van der Waals surface area contributed by atoms with Gasteiger partial charge in [-0.15, -0.1) is 24.8 Å². The fourth-order valence-electron chi connectivity index (χ4n) is 0.469. The molecule has 0 atom stereocenters. The number of pyridine rings is 1. The molecule has 58 valence electrons. The van der Waals surface area contributed by atoms with Crippen LogP contribution in [-0.2, 0) is 0 Å². The molecule has 0 amide bonds. The van der Waals surface area contributed by atoms with Crippen LogP contribution < -0.4 is 11.5 Å². The maximum absolute atomic E-state index is 5.27. The largest absolute Gasteiger partial charge is 0.384 e. The van der Waals surface area contributed by atoms with Gasteiger partial charge in [0.15, 0.2) is 0 Å². The van der Waals surface area contributed by atoms with Crippen molar-refractivity contribution < 1.29 is 0 Å². The minimum atomic E-state index is 0. The Hall–Kier alpha value is -0.670. The molecular formula is C5H9Cl2N3. The van der Waals surface area contributed by atoms with Crippen LogP contribution in [0.15, 0.2) is 18.2 Å². The van der Waals surface area contributed by atoms with Crippen molar-refractivity contribution in [1.82, 2.24) is 4.98 Å². The van der Waals surface area contributed by atoms with Gasteiger partial charge in [0.05, 0.1) is 0 Å². The third-order valence-corrected chi connectivity index (χ3v) is 0.792. The molecule has 0 radical (unpaired) electrons. The average Bonchev–Trinajstić information content (AvgIpc) is 1.64. The lowest BCUT2D eigenvalue weighted by atomic mass is 10.4. The van der Waals surface area contributed by atoms with Crippen molar-refractivity contribution in [1.29, 1.82) is 0 Å². The van der Waals surface area contributed by atoms with Gasteiger partial charge in [-0.3, -0.25) is 0 Å². The first-order valence-electron chi connectivity index (χ1n) is 2.27. The van der Waals surface area contributed by atoms with Gasteiger partial charge in [-0.25, -0.2) is 4.98 Å². The lowest BCUT2D eigenvalue weighted by molar-refractivity contribution is 1.34. The molecule has 1 heterocycles. The fraction of sp³-hybridized carbons (Fsp3) is 0. The van der Waals surface area contributed by atoms with Crippen LogP contribution in [0.5, 0.6) is 0 Å². The summed E-state index contributed by atoms with van der Waals surface area (Å²) in [5.74, 6) is 0.926. The van der Waals surface area contributed by atoms with Crippen molar-refractivity contribution in [2.24, 2.45) is 0 Å². The van der Waals surface area contributed by atoms with Crippen molar-refractivity contribution in [2.75, 3.05) is 11.5 Å². The third-order valence-electron chi connectivity index (χ3n) is 0.792. The van der Waals surface area contributed by atoms with E-state index in [4.69, 9.17) is 11.5 Å². The van der Waals surface area contributed by atoms with Crippen LogP contribution in [0.1, 0.15) is 0 Å². The SMILES string of the molecule is Cl.Cl.Nc1cccc(N)n1. The maximum Gasteiger partial charge on any atom is 0.125 e. The molecule has 10 heavy (non-hydrogen) atoms. The molecule has 1 rings (SSSR count). The van der Waals surface area contributed by atoms with Crippen LogP contribution in [0.25, 0.3) is 0 Å². The van der Waals surface area contributed by atoms with Gasteiger partial charge in [0.25, 0.3) is 0 Å². The Bertz CT molecular complexity index is 175. The van der Waals surface area contributed by atoms with Crippen LogP contribution in [-0.4, -0.2) is 4.98 Å². The highest BCUT2D eigenvalue weighted by atomic mass is 35.5. The molecule has 0 aliphatic rings. The molecule has 4 N–H and O–H groups in total. The normalized spacial score (nSPS) is 7.20. The predicted molar refractivity (Wildman–Crippen MR) is 47.6 cm³/mol. The fourth-order valence-corrected chi connectivity index (χ4v) is 0.469. The maximum atomic E-state index is 5.27. The number of hydrogen-bond acceptors (Lipinski definition) is 3. The van der Waals surface area contributed by atoms with E-state index < -0.39 is 0 Å². The van der Waals surface area contributed by atoms with Gasteiger partial charge in [0.2, 0.25) is 0 Å². The van der Waals surface area contributed by atoms with E-state index in [-0.39, 0.29) is 24.8 Å². The van der Waals surface area contributed by atoms with Gasteiger partial charge in [-0.1, -0.05) is 6.07 Å². The number of halogens is 2. The molecule has 1 aromatic rings. The number of nitrogens with zero attached hydrogens (tertiary/aromatic N) is 1. The number of nitrogen functional groups attached to an aromatic ring is 2. The molecule has 0 aromatic carbocycles. The van der Waals surface area contributed by atoms with E-state index in [0.717, 1.165) is 0 Å². The minimum Gasteiger partial charge on any atom is -0.384 e. The van der Waals surface area contributed by atoms with Crippen molar-refractivity contribution in [3.8, 4) is 0 Å². The zero-order valence-corrected chi connectivity index (χ0v) is 6.78. The second-order valence-corrected chi connectivity index (χ2v) is 1.49. The van der Waals surface area contributed by atoms with E-state index in [9.17, 15) is 0 Å². The van der Waals surface area contributed by atoms with Crippen molar-refractivity contribution >= 4 is 36.4 Å². The topological polar surface area (TPSA) is 64.9 Å². The lowest BCUT2D eigenvalue weighted by Gasteiger charge is -1.90. The van der Waals surface area contributed by atoms with Crippen molar-refractivity contribution in [3.63, 3.8) is 0 Å². The molecule has 0 aliphatic carbocycles. The summed E-state index contributed by atoms with van der Waals surface area (Å²) in [6.07, 6.45) is 0. The molecule has 0 saturated heterocycles. The average molecular weight is 182 g/mol. The zero-order valence-electron chi connectivity index (χ0n) is 5.15. The summed E-state index contributed by atoms with van der Waals surface area (Å²) >= 11 is 0. The second-order valence-electron chi connectivity index (χ2n) is 1.49. The van der Waals surface area contributed by atoms with Crippen molar-refractivity contribution in [3.05, 3.63) is 18.2 Å². The highest BCUT2D eigenvalue weighted by molar-refractivity contribution is 5.85. The quantitative estimate of drug-likeness (QED) is 0.631. The number of hydrogen-bond donors (Lipinski definition) is 2. The molecule has 0 saturated carbocycles. The Kier molecular flexibility index (Phi) is 6.20.